The molecule has 2 rings (SSSR count). The first-order chi connectivity index (χ1) is 7.55. The first-order valence-electron chi connectivity index (χ1n) is 6.49. The summed E-state index contributed by atoms with van der Waals surface area (Å²) in [5.41, 5.74) is 5.66. The molecule has 0 saturated heterocycles. The topological polar surface area (TPSA) is 53.0 Å². The lowest BCUT2D eigenvalue weighted by Gasteiger charge is -2.31. The van der Waals surface area contributed by atoms with E-state index in [9.17, 15) is 5.26 Å². The molecule has 0 radical (unpaired) electrons. The van der Waals surface area contributed by atoms with Gasteiger partial charge in [-0.05, 0) is 37.5 Å². The van der Waals surface area contributed by atoms with Crippen molar-refractivity contribution < 1.29 is 0 Å². The fraction of sp³-hybridized carbons (Fsp3) is 0.923. The summed E-state index contributed by atoms with van der Waals surface area (Å²) in [6.45, 7) is 6.32. The number of hydrogen-bond acceptors (Lipinski definition) is 3. The molecule has 0 aromatic heterocycles. The van der Waals surface area contributed by atoms with Crippen LogP contribution in [0.25, 0.3) is 0 Å². The number of rotatable bonds is 6. The van der Waals surface area contributed by atoms with Crippen LogP contribution in [0.4, 0.5) is 0 Å². The fourth-order valence-electron chi connectivity index (χ4n) is 2.44. The molecule has 1 unspecified atom stereocenters. The summed E-state index contributed by atoms with van der Waals surface area (Å²) in [5.74, 6) is 1.11. The Kier molecular flexibility index (Phi) is 3.23. The third-order valence-electron chi connectivity index (χ3n) is 3.64. The van der Waals surface area contributed by atoms with E-state index in [0.717, 1.165) is 25.9 Å². The highest BCUT2D eigenvalue weighted by Crippen LogP contribution is 2.40. The summed E-state index contributed by atoms with van der Waals surface area (Å²) in [6, 6.07) is 3.07. The minimum absolute atomic E-state index is 0.450. The van der Waals surface area contributed by atoms with E-state index in [-0.39, 0.29) is 0 Å². The van der Waals surface area contributed by atoms with Gasteiger partial charge in [0.15, 0.2) is 0 Å². The molecule has 16 heavy (non-hydrogen) atoms. The van der Waals surface area contributed by atoms with Crippen molar-refractivity contribution in [2.75, 3.05) is 13.1 Å². The summed E-state index contributed by atoms with van der Waals surface area (Å²) < 4.78 is 0. The van der Waals surface area contributed by atoms with E-state index in [1.807, 2.05) is 0 Å². The quantitative estimate of drug-likeness (QED) is 0.743. The third kappa shape index (κ3) is 2.75. The van der Waals surface area contributed by atoms with Gasteiger partial charge in [0.1, 0.15) is 5.54 Å². The zero-order chi connectivity index (χ0) is 11.8. The average molecular weight is 221 g/mol. The van der Waals surface area contributed by atoms with Crippen LogP contribution in [0.5, 0.6) is 0 Å². The van der Waals surface area contributed by atoms with Crippen molar-refractivity contribution in [2.24, 2.45) is 17.6 Å². The van der Waals surface area contributed by atoms with Crippen LogP contribution in [-0.2, 0) is 0 Å². The van der Waals surface area contributed by atoms with Gasteiger partial charge < -0.3 is 5.73 Å². The highest BCUT2D eigenvalue weighted by Gasteiger charge is 2.45. The molecule has 0 bridgehead atoms. The smallest absolute Gasteiger partial charge is 0.119 e. The largest absolute Gasteiger partial charge is 0.312 e. The molecule has 0 spiro atoms. The highest BCUT2D eigenvalue weighted by atomic mass is 15.2. The Bertz CT molecular complexity index is 286. The van der Waals surface area contributed by atoms with Gasteiger partial charge in [0.05, 0.1) is 6.07 Å². The first kappa shape index (κ1) is 11.9. The monoisotopic (exact) mass is 221 g/mol. The molecular weight excluding hydrogens is 198 g/mol. The molecule has 0 aromatic rings. The van der Waals surface area contributed by atoms with Crippen molar-refractivity contribution in [1.29, 1.82) is 5.26 Å². The van der Waals surface area contributed by atoms with Gasteiger partial charge in [-0.3, -0.25) is 4.90 Å². The molecule has 0 heterocycles. The lowest BCUT2D eigenvalue weighted by Crippen LogP contribution is -2.52. The number of nitriles is 1. The van der Waals surface area contributed by atoms with Crippen LogP contribution in [0.15, 0.2) is 0 Å². The predicted molar refractivity (Wildman–Crippen MR) is 64.7 cm³/mol. The van der Waals surface area contributed by atoms with Crippen molar-refractivity contribution in [3.05, 3.63) is 0 Å². The van der Waals surface area contributed by atoms with E-state index in [2.05, 4.69) is 24.8 Å². The predicted octanol–water partition coefficient (Wildman–Crippen LogP) is 1.74. The Morgan fingerprint density at radius 2 is 2.00 bits per heavy atom. The summed E-state index contributed by atoms with van der Waals surface area (Å²) in [6.07, 6.45) is 4.87. The van der Waals surface area contributed by atoms with Crippen molar-refractivity contribution in [3.63, 3.8) is 0 Å². The molecule has 2 aliphatic carbocycles. The van der Waals surface area contributed by atoms with Gasteiger partial charge in [-0.1, -0.05) is 13.8 Å². The summed E-state index contributed by atoms with van der Waals surface area (Å²) >= 11 is 0. The zero-order valence-corrected chi connectivity index (χ0v) is 10.4. The Morgan fingerprint density at radius 3 is 2.38 bits per heavy atom. The molecular formula is C13H23N3. The maximum atomic E-state index is 9.28. The van der Waals surface area contributed by atoms with E-state index < -0.39 is 5.54 Å². The molecule has 2 N–H and O–H groups in total. The second kappa shape index (κ2) is 4.35. The van der Waals surface area contributed by atoms with Gasteiger partial charge in [0, 0.05) is 19.1 Å². The minimum atomic E-state index is -0.586. The lowest BCUT2D eigenvalue weighted by molar-refractivity contribution is 0.192. The van der Waals surface area contributed by atoms with Crippen molar-refractivity contribution in [3.8, 4) is 6.07 Å². The van der Waals surface area contributed by atoms with Crippen molar-refractivity contribution >= 4 is 0 Å². The molecule has 2 fully saturated rings. The van der Waals surface area contributed by atoms with Crippen molar-refractivity contribution in [2.45, 2.75) is 51.1 Å². The Hall–Kier alpha value is -0.590. The van der Waals surface area contributed by atoms with Crippen LogP contribution in [0, 0.1) is 23.2 Å². The van der Waals surface area contributed by atoms with Gasteiger partial charge >= 0.3 is 0 Å². The number of hydrogen-bond donors (Lipinski definition) is 1. The number of nitrogens with two attached hydrogens (primary N) is 1. The van der Waals surface area contributed by atoms with Crippen LogP contribution in [0.2, 0.25) is 0 Å². The maximum absolute atomic E-state index is 9.28. The number of nitrogens with zero attached hydrogens (tertiary/aromatic N) is 2. The van der Waals surface area contributed by atoms with E-state index in [1.165, 1.54) is 12.8 Å². The summed E-state index contributed by atoms with van der Waals surface area (Å²) in [5, 5.41) is 9.28. The Morgan fingerprint density at radius 1 is 1.38 bits per heavy atom. The molecule has 2 aliphatic rings. The van der Waals surface area contributed by atoms with E-state index in [0.29, 0.717) is 17.9 Å². The van der Waals surface area contributed by atoms with Gasteiger partial charge in [0.25, 0.3) is 0 Å². The summed E-state index contributed by atoms with van der Waals surface area (Å²) in [4.78, 5) is 2.45. The van der Waals surface area contributed by atoms with Crippen LogP contribution >= 0.6 is 0 Å². The molecule has 3 nitrogen and oxygen atoms in total. The molecule has 0 amide bonds. The van der Waals surface area contributed by atoms with E-state index in [1.54, 1.807) is 0 Å². The normalized spacial score (nSPS) is 24.5. The molecule has 0 aliphatic heterocycles. The Labute approximate surface area is 98.6 Å². The standard InChI is InChI=1S/C13H23N3/c1-10(2)7-16(12-5-6-12)9-13(15,8-14)11-3-4-11/h10-12H,3-7,9,15H2,1-2H3. The zero-order valence-electron chi connectivity index (χ0n) is 10.4. The molecule has 3 heteroatoms. The second-order valence-electron chi connectivity index (χ2n) is 5.98. The van der Waals surface area contributed by atoms with Gasteiger partial charge in [-0.25, -0.2) is 0 Å². The van der Waals surface area contributed by atoms with Crippen molar-refractivity contribution in [1.82, 2.24) is 4.90 Å². The lowest BCUT2D eigenvalue weighted by atomic mass is 9.95. The third-order valence-corrected chi connectivity index (χ3v) is 3.64. The fourth-order valence-corrected chi connectivity index (χ4v) is 2.44. The van der Waals surface area contributed by atoms with Gasteiger partial charge in [-0.2, -0.15) is 5.26 Å². The van der Waals surface area contributed by atoms with Crippen LogP contribution in [-0.4, -0.2) is 29.6 Å². The molecule has 0 aromatic carbocycles. The SMILES string of the molecule is CC(C)CN(CC(N)(C#N)C1CC1)C1CC1. The van der Waals surface area contributed by atoms with E-state index in [4.69, 9.17) is 5.73 Å². The van der Waals surface area contributed by atoms with Crippen LogP contribution in [0.1, 0.15) is 39.5 Å². The minimum Gasteiger partial charge on any atom is -0.312 e. The van der Waals surface area contributed by atoms with E-state index >= 15 is 0 Å². The second-order valence-corrected chi connectivity index (χ2v) is 5.98. The molecule has 1 atom stereocenters. The van der Waals surface area contributed by atoms with Crippen LogP contribution in [0.3, 0.4) is 0 Å². The first-order valence-corrected chi connectivity index (χ1v) is 6.49. The Balaban J connectivity index is 1.95. The molecule has 2 saturated carbocycles. The summed E-state index contributed by atoms with van der Waals surface area (Å²) in [7, 11) is 0. The highest BCUT2D eigenvalue weighted by molar-refractivity contribution is 5.15. The van der Waals surface area contributed by atoms with Crippen LogP contribution < -0.4 is 5.73 Å². The van der Waals surface area contributed by atoms with Gasteiger partial charge in [-0.15, -0.1) is 0 Å². The maximum Gasteiger partial charge on any atom is 0.119 e. The molecule has 90 valence electrons. The average Bonchev–Trinajstić information content (AvgIpc) is 3.03. The van der Waals surface area contributed by atoms with Gasteiger partial charge in [0.2, 0.25) is 0 Å².